The lowest BCUT2D eigenvalue weighted by atomic mass is 10.0. The van der Waals surface area contributed by atoms with E-state index in [9.17, 15) is 0 Å². The summed E-state index contributed by atoms with van der Waals surface area (Å²) in [5.41, 5.74) is 0. The maximum atomic E-state index is 15.2. The second-order valence-electron chi connectivity index (χ2n) is 7.37. The Morgan fingerprint density at radius 2 is 0.967 bits per heavy atom. The molecule has 5 aromatic rings. The standard InChI is InChI=1S/C27H19F2P/c1-30(25-16-8-6-14-23(25)28,26-17-9-7-15-24(26)29)27-18-19-10-2-3-11-20(19)21-12-4-5-13-22(21)27/h2-18H,1H2. The molecular formula is C27H19F2P. The molecule has 0 unspecified atom stereocenters. The zero-order valence-corrected chi connectivity index (χ0v) is 17.1. The summed E-state index contributed by atoms with van der Waals surface area (Å²) in [6, 6.07) is 31.5. The van der Waals surface area contributed by atoms with Crippen molar-refractivity contribution in [3.63, 3.8) is 0 Å². The molecule has 0 aliphatic heterocycles. The van der Waals surface area contributed by atoms with Gasteiger partial charge in [0.1, 0.15) is 11.6 Å². The van der Waals surface area contributed by atoms with Gasteiger partial charge in [0.05, 0.1) is 0 Å². The summed E-state index contributed by atoms with van der Waals surface area (Å²) in [5, 5.41) is 5.98. The van der Waals surface area contributed by atoms with E-state index in [0.29, 0.717) is 10.6 Å². The van der Waals surface area contributed by atoms with Gasteiger partial charge < -0.3 is 0 Å². The first-order valence-corrected chi connectivity index (χ1v) is 11.7. The molecule has 0 spiro atoms. The maximum Gasteiger partial charge on any atom is 0.131 e. The van der Waals surface area contributed by atoms with Gasteiger partial charge in [-0.1, -0.05) is 91.2 Å². The number of hydrogen-bond acceptors (Lipinski definition) is 0. The molecule has 0 N–H and O–H groups in total. The minimum Gasteiger partial charge on any atom is -0.206 e. The molecule has 30 heavy (non-hydrogen) atoms. The van der Waals surface area contributed by atoms with Crippen LogP contribution >= 0.6 is 6.89 Å². The van der Waals surface area contributed by atoms with E-state index in [-0.39, 0.29) is 11.6 Å². The Kier molecular flexibility index (Phi) is 4.53. The molecule has 0 aliphatic carbocycles. The molecule has 0 fully saturated rings. The number of hydrogen-bond donors (Lipinski definition) is 0. The van der Waals surface area contributed by atoms with Gasteiger partial charge in [-0.2, -0.15) is 0 Å². The number of benzene rings is 5. The fraction of sp³-hybridized carbons (Fsp3) is 0. The van der Waals surface area contributed by atoms with E-state index in [2.05, 4.69) is 24.5 Å². The first-order chi connectivity index (χ1) is 14.6. The Balaban J connectivity index is 1.99. The first-order valence-electron chi connectivity index (χ1n) is 9.75. The van der Waals surface area contributed by atoms with Gasteiger partial charge in [-0.3, -0.25) is 0 Å². The van der Waals surface area contributed by atoms with Crippen LogP contribution in [0.1, 0.15) is 0 Å². The van der Waals surface area contributed by atoms with Gasteiger partial charge in [0.2, 0.25) is 0 Å². The smallest absolute Gasteiger partial charge is 0.131 e. The molecule has 5 rings (SSSR count). The fourth-order valence-corrected chi connectivity index (χ4v) is 7.57. The Morgan fingerprint density at radius 1 is 0.500 bits per heavy atom. The summed E-state index contributed by atoms with van der Waals surface area (Å²) in [6.45, 7) is -2.85. The molecule has 0 bridgehead atoms. The van der Waals surface area contributed by atoms with Crippen LogP contribution in [0, 0.1) is 11.6 Å². The summed E-state index contributed by atoms with van der Waals surface area (Å²) < 4.78 is 30.3. The molecule has 5 aromatic carbocycles. The Labute approximate surface area is 174 Å². The Hall–Kier alpha value is -3.22. The lowest BCUT2D eigenvalue weighted by Crippen LogP contribution is -2.29. The van der Waals surface area contributed by atoms with Crippen molar-refractivity contribution in [2.75, 3.05) is 0 Å². The Bertz CT molecular complexity index is 1400. The van der Waals surface area contributed by atoms with Gasteiger partial charge in [-0.05, 0) is 51.9 Å². The molecule has 146 valence electrons. The van der Waals surface area contributed by atoms with Crippen molar-refractivity contribution < 1.29 is 8.78 Å². The average Bonchev–Trinajstić information content (AvgIpc) is 2.79. The second kappa shape index (κ2) is 7.23. The predicted octanol–water partition coefficient (Wildman–Crippen LogP) is 6.00. The van der Waals surface area contributed by atoms with Crippen molar-refractivity contribution in [3.05, 3.63) is 115 Å². The number of rotatable bonds is 3. The van der Waals surface area contributed by atoms with E-state index in [4.69, 9.17) is 0 Å². The zero-order valence-electron chi connectivity index (χ0n) is 16.2. The average molecular weight is 412 g/mol. The van der Waals surface area contributed by atoms with Crippen LogP contribution in [0.15, 0.2) is 103 Å². The minimum atomic E-state index is -2.85. The monoisotopic (exact) mass is 412 g/mol. The lowest BCUT2D eigenvalue weighted by Gasteiger charge is -2.29. The van der Waals surface area contributed by atoms with Crippen LogP contribution in [0.3, 0.4) is 0 Å². The van der Waals surface area contributed by atoms with Crippen molar-refractivity contribution in [2.24, 2.45) is 0 Å². The molecular weight excluding hydrogens is 393 g/mol. The molecule has 0 atom stereocenters. The van der Waals surface area contributed by atoms with Gasteiger partial charge in [0.15, 0.2) is 0 Å². The minimum absolute atomic E-state index is 0.360. The lowest BCUT2D eigenvalue weighted by molar-refractivity contribution is 0.634. The highest BCUT2D eigenvalue weighted by Gasteiger charge is 2.29. The van der Waals surface area contributed by atoms with Crippen LogP contribution in [0.2, 0.25) is 0 Å². The topological polar surface area (TPSA) is 0 Å². The summed E-state index contributed by atoms with van der Waals surface area (Å²) in [6.07, 6.45) is 4.59. The molecule has 0 aromatic heterocycles. The van der Waals surface area contributed by atoms with Crippen LogP contribution in [0.25, 0.3) is 21.5 Å². The van der Waals surface area contributed by atoms with Crippen LogP contribution in [-0.2, 0) is 0 Å². The normalized spacial score (nSPS) is 11.8. The summed E-state index contributed by atoms with van der Waals surface area (Å²) in [5.74, 6) is -0.720. The first kappa shape index (κ1) is 18.8. The maximum absolute atomic E-state index is 15.2. The molecule has 0 nitrogen and oxygen atoms in total. The molecule has 0 saturated carbocycles. The van der Waals surface area contributed by atoms with Gasteiger partial charge >= 0.3 is 0 Å². The molecule has 0 aliphatic rings. The van der Waals surface area contributed by atoms with E-state index in [0.717, 1.165) is 26.8 Å². The summed E-state index contributed by atoms with van der Waals surface area (Å²) in [4.78, 5) is 0. The van der Waals surface area contributed by atoms with Gasteiger partial charge in [-0.15, -0.1) is 0 Å². The van der Waals surface area contributed by atoms with Crippen LogP contribution in [-0.4, -0.2) is 6.30 Å². The van der Waals surface area contributed by atoms with Crippen molar-refractivity contribution in [2.45, 2.75) is 0 Å². The van der Waals surface area contributed by atoms with Crippen molar-refractivity contribution in [1.82, 2.24) is 0 Å². The van der Waals surface area contributed by atoms with Gasteiger partial charge in [-0.25, -0.2) is 8.78 Å². The third kappa shape index (κ3) is 2.80. The van der Waals surface area contributed by atoms with E-state index in [1.54, 1.807) is 36.4 Å². The van der Waals surface area contributed by atoms with Crippen LogP contribution in [0.4, 0.5) is 8.78 Å². The third-order valence-electron chi connectivity index (χ3n) is 5.68. The van der Waals surface area contributed by atoms with Gasteiger partial charge in [0.25, 0.3) is 0 Å². The molecule has 3 heteroatoms. The molecule has 0 amide bonds. The van der Waals surface area contributed by atoms with E-state index in [1.807, 2.05) is 36.4 Å². The van der Waals surface area contributed by atoms with E-state index >= 15 is 8.78 Å². The van der Waals surface area contributed by atoms with E-state index < -0.39 is 6.89 Å². The number of halogens is 2. The van der Waals surface area contributed by atoms with Crippen LogP contribution < -0.4 is 15.9 Å². The Morgan fingerprint density at radius 3 is 1.57 bits per heavy atom. The number of fused-ring (bicyclic) bond motifs is 3. The second-order valence-corrected chi connectivity index (χ2v) is 10.4. The highest BCUT2D eigenvalue weighted by Crippen LogP contribution is 2.46. The van der Waals surface area contributed by atoms with Crippen molar-refractivity contribution in [3.8, 4) is 0 Å². The fourth-order valence-electron chi connectivity index (χ4n) is 4.26. The molecule has 0 saturated heterocycles. The van der Waals surface area contributed by atoms with Crippen molar-refractivity contribution >= 4 is 50.6 Å². The van der Waals surface area contributed by atoms with Gasteiger partial charge in [0, 0.05) is 10.6 Å². The predicted molar refractivity (Wildman–Crippen MR) is 127 cm³/mol. The van der Waals surface area contributed by atoms with Crippen LogP contribution in [0.5, 0.6) is 0 Å². The molecule has 0 heterocycles. The zero-order chi connectivity index (χ0) is 20.7. The quantitative estimate of drug-likeness (QED) is 0.252. The SMILES string of the molecule is C=P(c1ccccc1F)(c1ccccc1F)c1cc2ccccc2c2ccccc12. The largest absolute Gasteiger partial charge is 0.206 e. The highest BCUT2D eigenvalue weighted by atomic mass is 31.2. The third-order valence-corrected chi connectivity index (χ3v) is 9.25. The summed E-state index contributed by atoms with van der Waals surface area (Å²) in [7, 11) is 0. The van der Waals surface area contributed by atoms with Crippen molar-refractivity contribution in [1.29, 1.82) is 0 Å². The molecule has 0 radical (unpaired) electrons. The summed E-state index contributed by atoms with van der Waals surface area (Å²) >= 11 is 0. The van der Waals surface area contributed by atoms with E-state index in [1.165, 1.54) is 12.1 Å². The highest BCUT2D eigenvalue weighted by molar-refractivity contribution is 7.93.